The highest BCUT2D eigenvalue weighted by Gasteiger charge is 2.21. The monoisotopic (exact) mass is 453 g/mol. The van der Waals surface area contributed by atoms with Crippen LogP contribution in [-0.4, -0.2) is 55.8 Å². The summed E-state index contributed by atoms with van der Waals surface area (Å²) in [7, 11) is 0. The van der Waals surface area contributed by atoms with Crippen molar-refractivity contribution < 1.29 is 19.2 Å². The van der Waals surface area contributed by atoms with Crippen molar-refractivity contribution in [2.45, 2.75) is 60.9 Å². The van der Waals surface area contributed by atoms with Crippen molar-refractivity contribution in [3.05, 3.63) is 35.9 Å². The Bertz CT molecular complexity index is 624. The maximum absolute atomic E-state index is 12.4. The molecule has 0 saturated heterocycles. The zero-order valence-electron chi connectivity index (χ0n) is 20.7. The van der Waals surface area contributed by atoms with Crippen molar-refractivity contribution >= 4 is 23.6 Å². The summed E-state index contributed by atoms with van der Waals surface area (Å²) < 4.78 is 0. The standard InChI is InChI=1S/C17H25N5O4.3C2H6/c1-2-19-15(24)10-21-17(26)13(8-12-6-4-3-5-7-12)22-16(25)11-20-14(23)9-18;3*1-2/h3-7,13H,2,8-11,18H2,1H3,(H,19,24)(H,20,23)(H,21,26)(H,22,25);3*1-2H3. The van der Waals surface area contributed by atoms with Gasteiger partial charge in [0.1, 0.15) is 6.04 Å². The summed E-state index contributed by atoms with van der Waals surface area (Å²) in [6.45, 7) is 13.5. The third-order valence-electron chi connectivity index (χ3n) is 3.36. The molecule has 9 heteroatoms. The maximum atomic E-state index is 12.4. The Labute approximate surface area is 193 Å². The molecule has 0 spiro atoms. The van der Waals surface area contributed by atoms with E-state index >= 15 is 0 Å². The van der Waals surface area contributed by atoms with Crippen LogP contribution in [0.15, 0.2) is 30.3 Å². The van der Waals surface area contributed by atoms with Crippen LogP contribution in [-0.2, 0) is 25.6 Å². The van der Waals surface area contributed by atoms with E-state index in [-0.39, 0.29) is 32.0 Å². The van der Waals surface area contributed by atoms with Crippen molar-refractivity contribution in [2.24, 2.45) is 5.73 Å². The van der Waals surface area contributed by atoms with E-state index in [1.54, 1.807) is 6.92 Å². The number of amides is 4. The summed E-state index contributed by atoms with van der Waals surface area (Å²) in [4.78, 5) is 47.0. The Hall–Kier alpha value is -2.94. The number of likely N-dealkylation sites (N-methyl/N-ethyl adjacent to an activating group) is 1. The number of benzene rings is 1. The molecule has 9 nitrogen and oxygen atoms in total. The van der Waals surface area contributed by atoms with Gasteiger partial charge in [-0.05, 0) is 12.5 Å². The van der Waals surface area contributed by atoms with Gasteiger partial charge in [0.05, 0.1) is 19.6 Å². The largest absolute Gasteiger partial charge is 0.355 e. The van der Waals surface area contributed by atoms with Gasteiger partial charge in [-0.2, -0.15) is 0 Å². The van der Waals surface area contributed by atoms with E-state index in [1.165, 1.54) is 0 Å². The summed E-state index contributed by atoms with van der Waals surface area (Å²) in [6, 6.07) is 8.26. The van der Waals surface area contributed by atoms with Crippen LogP contribution >= 0.6 is 0 Å². The molecule has 1 unspecified atom stereocenters. The van der Waals surface area contributed by atoms with Gasteiger partial charge in [0, 0.05) is 13.0 Å². The molecule has 6 N–H and O–H groups in total. The molecular weight excluding hydrogens is 410 g/mol. The zero-order chi connectivity index (χ0) is 25.4. The van der Waals surface area contributed by atoms with Crippen LogP contribution in [0, 0.1) is 0 Å². The fourth-order valence-electron chi connectivity index (χ4n) is 2.11. The van der Waals surface area contributed by atoms with Gasteiger partial charge in [0.25, 0.3) is 0 Å². The van der Waals surface area contributed by atoms with Crippen LogP contribution in [0.25, 0.3) is 0 Å². The molecule has 0 aromatic heterocycles. The van der Waals surface area contributed by atoms with Gasteiger partial charge in [-0.3, -0.25) is 19.2 Å². The third-order valence-corrected chi connectivity index (χ3v) is 3.36. The van der Waals surface area contributed by atoms with Crippen LogP contribution in [0.5, 0.6) is 0 Å². The van der Waals surface area contributed by atoms with Crippen LogP contribution in [0.1, 0.15) is 54.0 Å². The molecule has 0 aliphatic carbocycles. The summed E-state index contributed by atoms with van der Waals surface area (Å²) in [5.41, 5.74) is 6.00. The summed E-state index contributed by atoms with van der Waals surface area (Å²) in [5, 5.41) is 9.96. The van der Waals surface area contributed by atoms with E-state index in [0.29, 0.717) is 6.54 Å². The molecule has 0 heterocycles. The van der Waals surface area contributed by atoms with Crippen molar-refractivity contribution in [1.82, 2.24) is 21.3 Å². The first-order valence-electron chi connectivity index (χ1n) is 11.3. The average Bonchev–Trinajstić information content (AvgIpc) is 2.85. The van der Waals surface area contributed by atoms with Gasteiger partial charge in [-0.1, -0.05) is 71.9 Å². The molecular formula is C23H43N5O4. The molecule has 0 aliphatic rings. The number of carbonyl (C=O) groups excluding carboxylic acids is 4. The van der Waals surface area contributed by atoms with Gasteiger partial charge in [0.15, 0.2) is 0 Å². The second-order valence-electron chi connectivity index (χ2n) is 5.46. The fraction of sp³-hybridized carbons (Fsp3) is 0.565. The van der Waals surface area contributed by atoms with Crippen LogP contribution < -0.4 is 27.0 Å². The van der Waals surface area contributed by atoms with Gasteiger partial charge in [-0.25, -0.2) is 0 Å². The van der Waals surface area contributed by atoms with Crippen molar-refractivity contribution in [2.75, 3.05) is 26.2 Å². The van der Waals surface area contributed by atoms with E-state index in [0.717, 1.165) is 5.56 Å². The lowest BCUT2D eigenvalue weighted by Gasteiger charge is -2.19. The summed E-state index contributed by atoms with van der Waals surface area (Å²) in [5.74, 6) is -1.80. The number of hydrogen-bond donors (Lipinski definition) is 5. The van der Waals surface area contributed by atoms with E-state index in [2.05, 4.69) is 21.3 Å². The first-order chi connectivity index (χ1) is 15.5. The minimum atomic E-state index is -0.880. The first-order valence-corrected chi connectivity index (χ1v) is 11.3. The lowest BCUT2D eigenvalue weighted by Crippen LogP contribution is -2.52. The third kappa shape index (κ3) is 17.9. The quantitative estimate of drug-likeness (QED) is 0.361. The molecule has 0 fully saturated rings. The second kappa shape index (κ2) is 24.3. The Morgan fingerprint density at radius 1 is 0.781 bits per heavy atom. The Morgan fingerprint density at radius 2 is 1.31 bits per heavy atom. The van der Waals surface area contributed by atoms with Crippen molar-refractivity contribution in [3.8, 4) is 0 Å². The minimum Gasteiger partial charge on any atom is -0.355 e. The molecule has 1 aromatic rings. The van der Waals surface area contributed by atoms with Gasteiger partial charge in [0.2, 0.25) is 23.6 Å². The zero-order valence-corrected chi connectivity index (χ0v) is 20.7. The predicted molar refractivity (Wildman–Crippen MR) is 130 cm³/mol. The lowest BCUT2D eigenvalue weighted by molar-refractivity contribution is -0.130. The van der Waals surface area contributed by atoms with Crippen LogP contribution in [0.3, 0.4) is 0 Å². The SMILES string of the molecule is CC.CC.CC.CCNC(=O)CNC(=O)C(Cc1ccccc1)NC(=O)CNC(=O)CN. The Kier molecular flexibility index (Phi) is 25.6. The highest BCUT2D eigenvalue weighted by molar-refractivity contribution is 5.92. The Morgan fingerprint density at radius 3 is 1.81 bits per heavy atom. The Balaban J connectivity index is -0.00000129. The number of hydrogen-bond acceptors (Lipinski definition) is 5. The lowest BCUT2D eigenvalue weighted by atomic mass is 10.1. The van der Waals surface area contributed by atoms with Gasteiger partial charge < -0.3 is 27.0 Å². The molecule has 32 heavy (non-hydrogen) atoms. The molecule has 0 aliphatic heterocycles. The highest BCUT2D eigenvalue weighted by Crippen LogP contribution is 2.03. The molecule has 0 radical (unpaired) electrons. The number of nitrogens with two attached hydrogens (primary N) is 1. The summed E-state index contributed by atoms with van der Waals surface area (Å²) in [6.07, 6.45) is 0.249. The van der Waals surface area contributed by atoms with Crippen molar-refractivity contribution in [3.63, 3.8) is 0 Å². The number of carbonyl (C=O) groups is 4. The van der Waals surface area contributed by atoms with E-state index in [1.807, 2.05) is 71.9 Å². The smallest absolute Gasteiger partial charge is 0.243 e. The van der Waals surface area contributed by atoms with E-state index in [9.17, 15) is 19.2 Å². The minimum absolute atomic E-state index is 0.183. The van der Waals surface area contributed by atoms with Gasteiger partial charge >= 0.3 is 0 Å². The highest BCUT2D eigenvalue weighted by atomic mass is 16.2. The van der Waals surface area contributed by atoms with E-state index in [4.69, 9.17) is 5.73 Å². The average molecular weight is 454 g/mol. The predicted octanol–water partition coefficient (Wildman–Crippen LogP) is 1.12. The number of nitrogens with one attached hydrogen (secondary N) is 4. The second-order valence-corrected chi connectivity index (χ2v) is 5.46. The molecule has 0 saturated carbocycles. The molecule has 1 rings (SSSR count). The molecule has 0 bridgehead atoms. The maximum Gasteiger partial charge on any atom is 0.243 e. The van der Waals surface area contributed by atoms with Gasteiger partial charge in [-0.15, -0.1) is 0 Å². The molecule has 1 atom stereocenters. The molecule has 4 amide bonds. The van der Waals surface area contributed by atoms with E-state index < -0.39 is 23.8 Å². The topological polar surface area (TPSA) is 142 Å². The molecule has 184 valence electrons. The first kappa shape index (κ1) is 33.7. The summed E-state index contributed by atoms with van der Waals surface area (Å²) >= 11 is 0. The number of rotatable bonds is 10. The van der Waals surface area contributed by atoms with Crippen LogP contribution in [0.4, 0.5) is 0 Å². The molecule has 1 aromatic carbocycles. The normalized spacial score (nSPS) is 9.62. The van der Waals surface area contributed by atoms with Crippen LogP contribution in [0.2, 0.25) is 0 Å². The van der Waals surface area contributed by atoms with Crippen molar-refractivity contribution in [1.29, 1.82) is 0 Å². The fourth-order valence-corrected chi connectivity index (χ4v) is 2.11.